The summed E-state index contributed by atoms with van der Waals surface area (Å²) in [4.78, 5) is 20.9. The largest absolute Gasteiger partial charge is 0.511 e. The quantitative estimate of drug-likeness (QED) is 0.418. The van der Waals surface area contributed by atoms with Gasteiger partial charge < -0.3 is 19.7 Å². The minimum absolute atomic E-state index is 0.171. The maximum absolute atomic E-state index is 14.2. The summed E-state index contributed by atoms with van der Waals surface area (Å²) in [5, 5.41) is 17.0. The zero-order valence-electron chi connectivity index (χ0n) is 13.3. The maximum Gasteiger partial charge on any atom is 0.511 e. The Morgan fingerprint density at radius 2 is 1.11 bits per heavy atom. The number of benzene rings is 2. The molecule has 0 aromatic heterocycles. The number of ether oxygens (including phenoxy) is 2. The van der Waals surface area contributed by atoms with Gasteiger partial charge >= 0.3 is 24.7 Å². The van der Waals surface area contributed by atoms with E-state index >= 15 is 0 Å². The highest BCUT2D eigenvalue weighted by Crippen LogP contribution is 2.43. The highest BCUT2D eigenvalue weighted by molar-refractivity contribution is 5.61. The van der Waals surface area contributed by atoms with Crippen LogP contribution in [0.3, 0.4) is 0 Å². The minimum Gasteiger partial charge on any atom is -0.449 e. The predicted molar refractivity (Wildman–Crippen MR) is 83.0 cm³/mol. The van der Waals surface area contributed by atoms with Gasteiger partial charge in [0.15, 0.2) is 0 Å². The van der Waals surface area contributed by atoms with Crippen LogP contribution in [0.2, 0.25) is 0 Å². The van der Waals surface area contributed by atoms with Crippen molar-refractivity contribution in [1.82, 2.24) is 0 Å². The van der Waals surface area contributed by atoms with Crippen LogP contribution in [-0.2, 0) is 0 Å². The molecule has 0 saturated heterocycles. The van der Waals surface area contributed by atoms with Gasteiger partial charge in [-0.1, -0.05) is 24.3 Å². The Morgan fingerprint density at radius 3 is 1.37 bits per heavy atom. The number of alkyl halides is 4. The van der Waals surface area contributed by atoms with E-state index in [0.717, 1.165) is 48.5 Å². The third-order valence-electron chi connectivity index (χ3n) is 3.51. The van der Waals surface area contributed by atoms with E-state index in [9.17, 15) is 27.2 Å². The summed E-state index contributed by atoms with van der Waals surface area (Å²) in [5.74, 6) is -6.87. The van der Waals surface area contributed by atoms with Crippen LogP contribution in [0, 0.1) is 0 Å². The van der Waals surface area contributed by atoms with Gasteiger partial charge in [-0.25, -0.2) is 18.4 Å². The fourth-order valence-corrected chi connectivity index (χ4v) is 2.42. The average Bonchev–Trinajstić information content (AvgIpc) is 2.57. The highest BCUT2D eigenvalue weighted by Gasteiger charge is 2.50. The van der Waals surface area contributed by atoms with Crippen molar-refractivity contribution in [2.24, 2.45) is 0 Å². The summed E-state index contributed by atoms with van der Waals surface area (Å²) in [6, 6.07) is 8.39. The lowest BCUT2D eigenvalue weighted by molar-refractivity contribution is -0.138. The van der Waals surface area contributed by atoms with Crippen LogP contribution in [0.4, 0.5) is 27.2 Å². The number of rotatable bonds is 6. The molecule has 0 aliphatic heterocycles. The van der Waals surface area contributed by atoms with Crippen LogP contribution in [0.25, 0.3) is 0 Å². The fraction of sp³-hybridized carbons (Fsp3) is 0.176. The van der Waals surface area contributed by atoms with E-state index in [2.05, 4.69) is 9.47 Å². The molecule has 2 aromatic carbocycles. The van der Waals surface area contributed by atoms with Gasteiger partial charge in [0.25, 0.3) is 0 Å². The summed E-state index contributed by atoms with van der Waals surface area (Å²) in [7, 11) is 0. The number of carbonyl (C=O) groups is 2. The molecule has 27 heavy (non-hydrogen) atoms. The third-order valence-corrected chi connectivity index (χ3v) is 3.51. The molecule has 0 fully saturated rings. The maximum atomic E-state index is 14.2. The number of hydrogen-bond acceptors (Lipinski definition) is 4. The second-order valence-corrected chi connectivity index (χ2v) is 5.28. The Morgan fingerprint density at radius 1 is 0.778 bits per heavy atom. The van der Waals surface area contributed by atoms with E-state index in [1.165, 1.54) is 0 Å². The summed E-state index contributed by atoms with van der Waals surface area (Å²) < 4.78 is 63.1. The lowest BCUT2D eigenvalue weighted by Crippen LogP contribution is -2.35. The lowest BCUT2D eigenvalue weighted by atomic mass is 9.86. The van der Waals surface area contributed by atoms with Crippen LogP contribution in [0.15, 0.2) is 48.5 Å². The van der Waals surface area contributed by atoms with Crippen LogP contribution < -0.4 is 9.47 Å². The molecular formula is C17H12F4O6. The molecule has 0 aliphatic rings. The van der Waals surface area contributed by atoms with Crippen molar-refractivity contribution < 1.29 is 46.8 Å². The van der Waals surface area contributed by atoms with E-state index in [4.69, 9.17) is 10.2 Å². The van der Waals surface area contributed by atoms with E-state index in [1.54, 1.807) is 0 Å². The second-order valence-electron chi connectivity index (χ2n) is 5.28. The average molecular weight is 388 g/mol. The van der Waals surface area contributed by atoms with E-state index in [-0.39, 0.29) is 22.6 Å². The second kappa shape index (κ2) is 7.94. The molecule has 0 spiro atoms. The Bertz CT molecular complexity index is 746. The minimum atomic E-state index is -4.45. The summed E-state index contributed by atoms with van der Waals surface area (Å²) in [6.45, 7) is 0. The molecule has 0 unspecified atom stereocenters. The molecular weight excluding hydrogens is 376 g/mol. The van der Waals surface area contributed by atoms with Crippen LogP contribution in [0.1, 0.15) is 17.0 Å². The van der Waals surface area contributed by atoms with Crippen LogP contribution >= 0.6 is 0 Å². The standard InChI is InChI=1S/C17H12F4O6/c18-14(19)17(20,21)13(9-1-5-11(6-2-9)26-15(22)23)10-3-7-12(8-4-10)27-16(24)25/h1-8,13-14H,(H,22,23)(H,24,25). The summed E-state index contributed by atoms with van der Waals surface area (Å²) in [5.41, 5.74) is -0.435. The van der Waals surface area contributed by atoms with Crippen molar-refractivity contribution in [1.29, 1.82) is 0 Å². The van der Waals surface area contributed by atoms with Gasteiger partial charge in [-0.05, 0) is 35.4 Å². The smallest absolute Gasteiger partial charge is 0.449 e. The van der Waals surface area contributed by atoms with Crippen molar-refractivity contribution in [3.63, 3.8) is 0 Å². The van der Waals surface area contributed by atoms with Crippen molar-refractivity contribution in [2.45, 2.75) is 18.3 Å². The third kappa shape index (κ3) is 4.87. The summed E-state index contributed by atoms with van der Waals surface area (Å²) >= 11 is 0. The topological polar surface area (TPSA) is 93.1 Å². The van der Waals surface area contributed by atoms with Gasteiger partial charge in [0.05, 0.1) is 5.92 Å². The molecule has 0 saturated carbocycles. The molecule has 0 amide bonds. The number of hydrogen-bond donors (Lipinski definition) is 2. The molecule has 6 nitrogen and oxygen atoms in total. The van der Waals surface area contributed by atoms with Gasteiger partial charge in [0.2, 0.25) is 0 Å². The Hall–Kier alpha value is -3.30. The SMILES string of the molecule is O=C(O)Oc1ccc(C(c2ccc(OC(=O)O)cc2)C(F)(F)C(F)F)cc1. The molecule has 2 rings (SSSR count). The normalized spacial score (nSPS) is 11.5. The molecule has 0 heterocycles. The van der Waals surface area contributed by atoms with Crippen molar-refractivity contribution in [3.8, 4) is 11.5 Å². The molecule has 144 valence electrons. The van der Waals surface area contributed by atoms with E-state index < -0.39 is 30.6 Å². The van der Waals surface area contributed by atoms with Crippen LogP contribution in [-0.4, -0.2) is 34.9 Å². The van der Waals surface area contributed by atoms with Crippen molar-refractivity contribution in [3.05, 3.63) is 59.7 Å². The molecule has 0 bridgehead atoms. The molecule has 2 aromatic rings. The number of halogens is 4. The first kappa shape index (κ1) is 20.0. The highest BCUT2D eigenvalue weighted by atomic mass is 19.3. The van der Waals surface area contributed by atoms with Gasteiger partial charge in [-0.2, -0.15) is 8.78 Å². The Balaban J connectivity index is 2.43. The molecule has 0 radical (unpaired) electrons. The molecule has 2 N–H and O–H groups in total. The van der Waals surface area contributed by atoms with Crippen molar-refractivity contribution in [2.75, 3.05) is 0 Å². The summed E-state index contributed by atoms with van der Waals surface area (Å²) in [6.07, 6.45) is -7.22. The predicted octanol–water partition coefficient (Wildman–Crippen LogP) is 4.83. The lowest BCUT2D eigenvalue weighted by Gasteiger charge is -2.27. The van der Waals surface area contributed by atoms with Gasteiger partial charge in [-0.15, -0.1) is 0 Å². The first-order valence-corrected chi connectivity index (χ1v) is 7.28. The Kier molecular flexibility index (Phi) is 5.88. The van der Waals surface area contributed by atoms with Crippen LogP contribution in [0.5, 0.6) is 11.5 Å². The van der Waals surface area contributed by atoms with Crippen molar-refractivity contribution >= 4 is 12.3 Å². The molecule has 0 atom stereocenters. The molecule has 10 heteroatoms. The fourth-order valence-electron chi connectivity index (χ4n) is 2.42. The van der Waals surface area contributed by atoms with E-state index in [1.807, 2.05) is 0 Å². The zero-order valence-corrected chi connectivity index (χ0v) is 13.3. The van der Waals surface area contributed by atoms with Gasteiger partial charge in [-0.3, -0.25) is 0 Å². The van der Waals surface area contributed by atoms with Gasteiger partial charge in [0.1, 0.15) is 11.5 Å². The first-order valence-electron chi connectivity index (χ1n) is 7.28. The number of carboxylic acid groups (broad SMARTS) is 2. The monoisotopic (exact) mass is 388 g/mol. The molecule has 0 aliphatic carbocycles. The van der Waals surface area contributed by atoms with E-state index in [0.29, 0.717) is 0 Å². The van der Waals surface area contributed by atoms with Gasteiger partial charge in [0, 0.05) is 0 Å². The Labute approximate surface area is 149 Å². The zero-order chi connectivity index (χ0) is 20.2. The first-order chi connectivity index (χ1) is 12.6.